The quantitative estimate of drug-likeness (QED) is 0.0903. The zero-order valence-electron chi connectivity index (χ0n) is 42.8. The summed E-state index contributed by atoms with van der Waals surface area (Å²) in [5.74, 6) is 0. The van der Waals surface area contributed by atoms with Crippen molar-refractivity contribution >= 4 is 96.8 Å². The van der Waals surface area contributed by atoms with Gasteiger partial charge in [0.05, 0.1) is 27.8 Å². The molecule has 0 saturated carbocycles. The van der Waals surface area contributed by atoms with Crippen LogP contribution in [0.4, 0.5) is 0 Å². The van der Waals surface area contributed by atoms with E-state index < -0.39 is 16.9 Å². The summed E-state index contributed by atoms with van der Waals surface area (Å²) < 4.78 is 4.98. The molecule has 0 aliphatic carbocycles. The van der Waals surface area contributed by atoms with Gasteiger partial charge in [0, 0.05) is 27.2 Å². The molecule has 14 rings (SSSR count). The van der Waals surface area contributed by atoms with Crippen LogP contribution in [0.25, 0.3) is 77.2 Å². The zero-order valence-corrected chi connectivity index (χ0v) is 45.0. The molecule has 2 heterocycles. The largest absolute Gasteiger partial charge is 0.309 e. The van der Waals surface area contributed by atoms with Crippen molar-refractivity contribution in [3.63, 3.8) is 0 Å². The molecule has 2 aromatic heterocycles. The van der Waals surface area contributed by atoms with Gasteiger partial charge in [0.1, 0.15) is 8.80 Å². The van der Waals surface area contributed by atoms with Crippen LogP contribution in [0.15, 0.2) is 303 Å². The van der Waals surface area contributed by atoms with E-state index in [9.17, 15) is 0 Å². The van der Waals surface area contributed by atoms with Gasteiger partial charge in [-0.15, -0.1) is 0 Å². The maximum Gasteiger partial charge on any atom is 0.179 e. The van der Waals surface area contributed by atoms with Gasteiger partial charge in [-0.1, -0.05) is 259 Å². The molecule has 0 saturated heterocycles. The van der Waals surface area contributed by atoms with Crippen LogP contribution in [0.3, 0.4) is 0 Å². The van der Waals surface area contributed by atoms with Crippen LogP contribution in [-0.4, -0.2) is 26.0 Å². The number of fused-ring (bicyclic) bond motifs is 6. The first-order chi connectivity index (χ1) is 38.1. The Morgan fingerprint density at radius 1 is 0.312 bits per heavy atom. The standard InChI is InChI=1S/C73H54N2Si2/c1-52-42-43-53(50-65(52)63-35-19-22-41-72(63)76(56-24-7-2-8-25-56)57-26-9-3-10-27-57)54-44-49-69-66(51-54)62-34-17-20-37-67(62)75(69)71-40-23-39-70-73(71)64-36-18-21-38-68(64)74(70)55-45-47-61(48-46-55)77(58-28-11-4-12-29-58,59-30-13-5-14-31-59)60-32-15-6-16-33-60/h2-51,76H,1H3. The average Bonchev–Trinajstić information content (AvgIpc) is 4.20. The Morgan fingerprint density at radius 3 is 1.40 bits per heavy atom. The molecular weight excluding hydrogens is 961 g/mol. The molecule has 0 aliphatic rings. The fourth-order valence-corrected chi connectivity index (χ4v) is 20.7. The van der Waals surface area contributed by atoms with Crippen molar-refractivity contribution in [2.45, 2.75) is 6.92 Å². The highest BCUT2D eigenvalue weighted by molar-refractivity contribution is 7.19. The molecule has 0 fully saturated rings. The molecule has 0 aliphatic heterocycles. The molecular formula is C73H54N2Si2. The topological polar surface area (TPSA) is 9.86 Å². The van der Waals surface area contributed by atoms with Gasteiger partial charge in [-0.2, -0.15) is 0 Å². The van der Waals surface area contributed by atoms with Gasteiger partial charge in [-0.3, -0.25) is 0 Å². The van der Waals surface area contributed by atoms with Gasteiger partial charge in [-0.25, -0.2) is 0 Å². The molecule has 0 atom stereocenters. The van der Waals surface area contributed by atoms with Gasteiger partial charge >= 0.3 is 0 Å². The fraction of sp³-hybridized carbons (Fsp3) is 0.0137. The summed E-state index contributed by atoms with van der Waals surface area (Å²) in [5, 5.41) is 14.7. The smallest absolute Gasteiger partial charge is 0.179 e. The van der Waals surface area contributed by atoms with E-state index in [4.69, 9.17) is 0 Å². The van der Waals surface area contributed by atoms with Crippen molar-refractivity contribution in [2.24, 2.45) is 0 Å². The predicted molar refractivity (Wildman–Crippen MR) is 333 cm³/mol. The lowest BCUT2D eigenvalue weighted by atomic mass is 9.94. The molecule has 2 nitrogen and oxygen atoms in total. The first-order valence-corrected chi connectivity index (χ1v) is 30.5. The second kappa shape index (κ2) is 19.4. The molecule has 12 aromatic carbocycles. The van der Waals surface area contributed by atoms with Gasteiger partial charge in [0.15, 0.2) is 8.07 Å². The number of hydrogen-bond acceptors (Lipinski definition) is 0. The van der Waals surface area contributed by atoms with Crippen molar-refractivity contribution in [3.8, 4) is 33.6 Å². The van der Waals surface area contributed by atoms with Crippen LogP contribution in [0.1, 0.15) is 5.56 Å². The molecule has 0 bridgehead atoms. The van der Waals surface area contributed by atoms with Crippen molar-refractivity contribution in [1.82, 2.24) is 9.13 Å². The summed E-state index contributed by atoms with van der Waals surface area (Å²) in [5.41, 5.74) is 13.3. The van der Waals surface area contributed by atoms with Gasteiger partial charge in [-0.05, 0) is 115 Å². The lowest BCUT2D eigenvalue weighted by Gasteiger charge is -2.34. The third-order valence-electron chi connectivity index (χ3n) is 16.2. The third kappa shape index (κ3) is 7.75. The van der Waals surface area contributed by atoms with Gasteiger partial charge < -0.3 is 9.13 Å². The molecule has 364 valence electrons. The maximum atomic E-state index is 2.50. The molecule has 77 heavy (non-hydrogen) atoms. The van der Waals surface area contributed by atoms with E-state index in [1.807, 2.05) is 0 Å². The molecule has 0 radical (unpaired) electrons. The molecule has 0 spiro atoms. The van der Waals surface area contributed by atoms with E-state index in [1.165, 1.54) is 113 Å². The van der Waals surface area contributed by atoms with Crippen LogP contribution in [0.2, 0.25) is 0 Å². The molecule has 4 heteroatoms. The summed E-state index contributed by atoms with van der Waals surface area (Å²) in [4.78, 5) is 0. The Morgan fingerprint density at radius 2 is 0.779 bits per heavy atom. The highest BCUT2D eigenvalue weighted by atomic mass is 28.3. The van der Waals surface area contributed by atoms with Crippen LogP contribution < -0.4 is 36.3 Å². The normalized spacial score (nSPS) is 11.8. The number of rotatable bonds is 11. The molecule has 14 aromatic rings. The van der Waals surface area contributed by atoms with E-state index in [0.717, 1.165) is 5.69 Å². The highest BCUT2D eigenvalue weighted by Crippen LogP contribution is 2.41. The fourth-order valence-electron chi connectivity index (χ4n) is 12.7. The first kappa shape index (κ1) is 46.2. The molecule has 0 unspecified atom stereocenters. The van der Waals surface area contributed by atoms with E-state index in [0.29, 0.717) is 0 Å². The van der Waals surface area contributed by atoms with Crippen LogP contribution in [0.5, 0.6) is 0 Å². The van der Waals surface area contributed by atoms with E-state index in [-0.39, 0.29) is 0 Å². The second-order valence-corrected chi connectivity index (χ2v) is 27.0. The minimum Gasteiger partial charge on any atom is -0.309 e. The predicted octanol–water partition coefficient (Wildman–Crippen LogP) is 13.1. The van der Waals surface area contributed by atoms with Crippen LogP contribution in [-0.2, 0) is 0 Å². The summed E-state index contributed by atoms with van der Waals surface area (Å²) in [6.07, 6.45) is 0. The van der Waals surface area contributed by atoms with Crippen LogP contribution in [0, 0.1) is 6.92 Å². The second-order valence-electron chi connectivity index (χ2n) is 20.4. The Bertz CT molecular complexity index is 4300. The number of hydrogen-bond donors (Lipinski definition) is 0. The lowest BCUT2D eigenvalue weighted by Crippen LogP contribution is -2.74. The summed E-state index contributed by atoms with van der Waals surface area (Å²) >= 11 is 0. The highest BCUT2D eigenvalue weighted by Gasteiger charge is 2.41. The number of benzene rings is 12. The molecule has 0 N–H and O–H groups in total. The summed E-state index contributed by atoms with van der Waals surface area (Å²) in [7, 11) is -4.51. The Balaban J connectivity index is 0.901. The molecule has 0 amide bonds. The van der Waals surface area contributed by atoms with Gasteiger partial charge in [0.25, 0.3) is 0 Å². The third-order valence-corrected chi connectivity index (χ3v) is 24.2. The lowest BCUT2D eigenvalue weighted by molar-refractivity contribution is 1.17. The maximum absolute atomic E-state index is 2.70. The zero-order chi connectivity index (χ0) is 51.3. The van der Waals surface area contributed by atoms with Crippen LogP contribution >= 0.6 is 0 Å². The van der Waals surface area contributed by atoms with Crippen molar-refractivity contribution in [3.05, 3.63) is 309 Å². The van der Waals surface area contributed by atoms with Crippen molar-refractivity contribution in [2.75, 3.05) is 0 Å². The number of aryl methyl sites for hydroxylation is 1. The number of nitrogens with zero attached hydrogens (tertiary/aromatic N) is 2. The van der Waals surface area contributed by atoms with Gasteiger partial charge in [0.2, 0.25) is 0 Å². The minimum absolute atomic E-state index is 1.14. The number of aromatic nitrogens is 2. The number of para-hydroxylation sites is 2. The van der Waals surface area contributed by atoms with E-state index >= 15 is 0 Å². The SMILES string of the molecule is Cc1ccc(-c2ccc3c(c2)c2ccccc2n3-c2cccc3c2c2ccccc2n3-c2ccc([Si](c3ccccc3)(c3ccccc3)c3ccccc3)cc2)cc1-c1ccccc1[SiH](c1ccccc1)c1ccccc1. The summed E-state index contributed by atoms with van der Waals surface area (Å²) in [6.45, 7) is 2.26. The van der Waals surface area contributed by atoms with Crippen molar-refractivity contribution < 1.29 is 0 Å². The Labute approximate surface area is 452 Å². The Kier molecular flexibility index (Phi) is 11.7. The van der Waals surface area contributed by atoms with E-state index in [1.54, 1.807) is 0 Å². The van der Waals surface area contributed by atoms with Crippen molar-refractivity contribution in [1.29, 1.82) is 0 Å². The van der Waals surface area contributed by atoms with E-state index in [2.05, 4.69) is 319 Å². The Hall–Kier alpha value is -9.33. The first-order valence-electron chi connectivity index (χ1n) is 26.8. The summed E-state index contributed by atoms with van der Waals surface area (Å²) in [6, 6.07) is 113. The monoisotopic (exact) mass is 1010 g/mol. The minimum atomic E-state index is -2.70. The average molecular weight is 1020 g/mol.